The van der Waals surface area contributed by atoms with Crippen LogP contribution in [-0.2, 0) is 6.54 Å². The van der Waals surface area contributed by atoms with Crippen molar-refractivity contribution >= 4 is 0 Å². The molecule has 92 valence electrons. The Morgan fingerprint density at radius 1 is 1.31 bits per heavy atom. The zero-order valence-electron chi connectivity index (χ0n) is 10.6. The van der Waals surface area contributed by atoms with Gasteiger partial charge in [0, 0.05) is 0 Å². The van der Waals surface area contributed by atoms with Gasteiger partial charge in [-0.05, 0) is 30.3 Å². The van der Waals surface area contributed by atoms with Gasteiger partial charge in [0.25, 0.3) is 0 Å². The molecular formula is C11H23N5. The average molecular weight is 225 g/mol. The zero-order chi connectivity index (χ0) is 11.8. The van der Waals surface area contributed by atoms with E-state index in [2.05, 4.69) is 41.6 Å². The maximum absolute atomic E-state index is 4.06. The standard InChI is InChI=1S/C11H23N5/c1-4-6-7-8-10(3)16-11(9-12-5-2)13-14-15-16/h10,12H,4-9H2,1-3H3. The van der Waals surface area contributed by atoms with E-state index in [9.17, 15) is 0 Å². The summed E-state index contributed by atoms with van der Waals surface area (Å²) >= 11 is 0. The van der Waals surface area contributed by atoms with Gasteiger partial charge >= 0.3 is 0 Å². The molecule has 1 rings (SSSR count). The van der Waals surface area contributed by atoms with Crippen molar-refractivity contribution in [2.45, 2.75) is 59.0 Å². The van der Waals surface area contributed by atoms with E-state index < -0.39 is 0 Å². The van der Waals surface area contributed by atoms with Gasteiger partial charge in [-0.2, -0.15) is 0 Å². The van der Waals surface area contributed by atoms with Crippen LogP contribution in [0.15, 0.2) is 0 Å². The highest BCUT2D eigenvalue weighted by molar-refractivity contribution is 4.82. The zero-order valence-corrected chi connectivity index (χ0v) is 10.6. The Bertz CT molecular complexity index is 284. The van der Waals surface area contributed by atoms with E-state index in [0.717, 1.165) is 25.3 Å². The number of hydrogen-bond acceptors (Lipinski definition) is 4. The fourth-order valence-electron chi connectivity index (χ4n) is 1.72. The fourth-order valence-corrected chi connectivity index (χ4v) is 1.72. The molecule has 1 heterocycles. The largest absolute Gasteiger partial charge is 0.310 e. The van der Waals surface area contributed by atoms with Gasteiger partial charge in [0.1, 0.15) is 0 Å². The van der Waals surface area contributed by atoms with Crippen molar-refractivity contribution in [3.63, 3.8) is 0 Å². The summed E-state index contributed by atoms with van der Waals surface area (Å²) in [6.07, 6.45) is 4.94. The Kier molecular flexibility index (Phi) is 6.00. The Morgan fingerprint density at radius 3 is 2.81 bits per heavy atom. The van der Waals surface area contributed by atoms with E-state index >= 15 is 0 Å². The highest BCUT2D eigenvalue weighted by atomic mass is 15.6. The minimum Gasteiger partial charge on any atom is -0.310 e. The van der Waals surface area contributed by atoms with Gasteiger partial charge in [-0.15, -0.1) is 5.10 Å². The molecule has 16 heavy (non-hydrogen) atoms. The summed E-state index contributed by atoms with van der Waals surface area (Å²) in [6.45, 7) is 8.18. The van der Waals surface area contributed by atoms with Gasteiger partial charge < -0.3 is 5.32 Å². The topological polar surface area (TPSA) is 55.6 Å². The van der Waals surface area contributed by atoms with Gasteiger partial charge in [0.15, 0.2) is 5.82 Å². The van der Waals surface area contributed by atoms with Crippen molar-refractivity contribution in [1.29, 1.82) is 0 Å². The Balaban J connectivity index is 2.46. The fraction of sp³-hybridized carbons (Fsp3) is 0.909. The summed E-state index contributed by atoms with van der Waals surface area (Å²) in [5, 5.41) is 15.1. The van der Waals surface area contributed by atoms with Crippen molar-refractivity contribution in [2.24, 2.45) is 0 Å². The van der Waals surface area contributed by atoms with Crippen LogP contribution in [0, 0.1) is 0 Å². The molecule has 0 saturated carbocycles. The van der Waals surface area contributed by atoms with Crippen molar-refractivity contribution in [3.8, 4) is 0 Å². The maximum Gasteiger partial charge on any atom is 0.165 e. The number of unbranched alkanes of at least 4 members (excludes halogenated alkanes) is 2. The molecule has 0 amide bonds. The normalized spacial score (nSPS) is 12.9. The number of nitrogens with zero attached hydrogens (tertiary/aromatic N) is 4. The molecule has 1 unspecified atom stereocenters. The minimum atomic E-state index is 0.398. The highest BCUT2D eigenvalue weighted by Gasteiger charge is 2.11. The van der Waals surface area contributed by atoms with E-state index in [1.165, 1.54) is 19.3 Å². The Morgan fingerprint density at radius 2 is 2.12 bits per heavy atom. The molecule has 0 fully saturated rings. The molecule has 5 nitrogen and oxygen atoms in total. The third-order valence-electron chi connectivity index (χ3n) is 2.74. The first-order chi connectivity index (χ1) is 7.79. The molecule has 1 aromatic rings. The van der Waals surface area contributed by atoms with Gasteiger partial charge in [-0.3, -0.25) is 0 Å². The van der Waals surface area contributed by atoms with Gasteiger partial charge in [-0.25, -0.2) is 4.68 Å². The van der Waals surface area contributed by atoms with Crippen LogP contribution in [0.3, 0.4) is 0 Å². The summed E-state index contributed by atoms with van der Waals surface area (Å²) in [4.78, 5) is 0. The molecule has 0 aliphatic heterocycles. The van der Waals surface area contributed by atoms with Crippen LogP contribution in [0.1, 0.15) is 58.3 Å². The first-order valence-electron chi connectivity index (χ1n) is 6.27. The first-order valence-corrected chi connectivity index (χ1v) is 6.27. The van der Waals surface area contributed by atoms with E-state index in [4.69, 9.17) is 0 Å². The molecule has 0 aromatic carbocycles. The second-order valence-corrected chi connectivity index (χ2v) is 4.16. The second kappa shape index (κ2) is 7.33. The molecule has 1 aromatic heterocycles. The monoisotopic (exact) mass is 225 g/mol. The number of hydrogen-bond donors (Lipinski definition) is 1. The molecule has 0 aliphatic rings. The van der Waals surface area contributed by atoms with Crippen LogP contribution in [0.2, 0.25) is 0 Å². The SMILES string of the molecule is CCCCCC(C)n1nnnc1CNCC. The summed E-state index contributed by atoms with van der Waals surface area (Å²) in [7, 11) is 0. The molecule has 0 saturated heterocycles. The number of tetrazole rings is 1. The number of aromatic nitrogens is 4. The molecule has 0 radical (unpaired) electrons. The molecule has 1 N–H and O–H groups in total. The molecule has 5 heteroatoms. The van der Waals surface area contributed by atoms with E-state index in [0.29, 0.717) is 6.04 Å². The smallest absolute Gasteiger partial charge is 0.165 e. The predicted octanol–water partition coefficient (Wildman–Crippen LogP) is 1.92. The van der Waals surface area contributed by atoms with Crippen molar-refractivity contribution in [2.75, 3.05) is 6.54 Å². The first kappa shape index (κ1) is 13.1. The third kappa shape index (κ3) is 3.89. The van der Waals surface area contributed by atoms with Crippen molar-refractivity contribution in [1.82, 2.24) is 25.5 Å². The Hall–Kier alpha value is -0.970. The van der Waals surface area contributed by atoms with Crippen LogP contribution in [0.25, 0.3) is 0 Å². The number of nitrogens with one attached hydrogen (secondary N) is 1. The summed E-state index contributed by atoms with van der Waals surface area (Å²) in [6, 6.07) is 0.398. The highest BCUT2D eigenvalue weighted by Crippen LogP contribution is 2.14. The van der Waals surface area contributed by atoms with Crippen molar-refractivity contribution < 1.29 is 0 Å². The molecular weight excluding hydrogens is 202 g/mol. The maximum atomic E-state index is 4.06. The lowest BCUT2D eigenvalue weighted by Crippen LogP contribution is -2.19. The lowest BCUT2D eigenvalue weighted by molar-refractivity contribution is 0.411. The van der Waals surface area contributed by atoms with E-state index in [1.54, 1.807) is 0 Å². The predicted molar refractivity (Wildman–Crippen MR) is 64.1 cm³/mol. The third-order valence-corrected chi connectivity index (χ3v) is 2.74. The summed E-state index contributed by atoms with van der Waals surface area (Å²) < 4.78 is 1.94. The van der Waals surface area contributed by atoms with Crippen LogP contribution >= 0.6 is 0 Å². The van der Waals surface area contributed by atoms with Crippen LogP contribution in [0.5, 0.6) is 0 Å². The number of rotatable bonds is 8. The molecule has 0 spiro atoms. The van der Waals surface area contributed by atoms with Gasteiger partial charge in [0.2, 0.25) is 0 Å². The minimum absolute atomic E-state index is 0.398. The van der Waals surface area contributed by atoms with E-state index in [-0.39, 0.29) is 0 Å². The van der Waals surface area contributed by atoms with Crippen LogP contribution in [-0.4, -0.2) is 26.8 Å². The lowest BCUT2D eigenvalue weighted by atomic mass is 10.1. The van der Waals surface area contributed by atoms with Crippen LogP contribution in [0.4, 0.5) is 0 Å². The van der Waals surface area contributed by atoms with Crippen LogP contribution < -0.4 is 5.32 Å². The summed E-state index contributed by atoms with van der Waals surface area (Å²) in [5.41, 5.74) is 0. The molecule has 0 bridgehead atoms. The van der Waals surface area contributed by atoms with Gasteiger partial charge in [0.05, 0.1) is 12.6 Å². The Labute approximate surface area is 97.6 Å². The van der Waals surface area contributed by atoms with Crippen molar-refractivity contribution in [3.05, 3.63) is 5.82 Å². The van der Waals surface area contributed by atoms with Gasteiger partial charge in [-0.1, -0.05) is 33.1 Å². The molecule has 0 aliphatic carbocycles. The quantitative estimate of drug-likeness (QED) is 0.687. The summed E-state index contributed by atoms with van der Waals surface area (Å²) in [5.74, 6) is 0.936. The molecule has 1 atom stereocenters. The van der Waals surface area contributed by atoms with E-state index in [1.807, 2.05) is 4.68 Å². The average Bonchev–Trinajstić information content (AvgIpc) is 2.74. The second-order valence-electron chi connectivity index (χ2n) is 4.16. The lowest BCUT2D eigenvalue weighted by Gasteiger charge is -2.13.